The highest BCUT2D eigenvalue weighted by Crippen LogP contribution is 2.31. The van der Waals surface area contributed by atoms with E-state index in [9.17, 15) is 9.50 Å². The molecular formula is C15H16FN3O2. The van der Waals surface area contributed by atoms with Gasteiger partial charge in [-0.2, -0.15) is 5.10 Å². The molecule has 0 fully saturated rings. The van der Waals surface area contributed by atoms with E-state index in [0.717, 1.165) is 5.56 Å². The van der Waals surface area contributed by atoms with Crippen molar-refractivity contribution < 1.29 is 13.9 Å². The van der Waals surface area contributed by atoms with Crippen LogP contribution in [0, 0.1) is 12.7 Å². The molecule has 1 N–H and O–H groups in total. The third kappa shape index (κ3) is 2.42. The number of aliphatic hydroxyl groups is 1. The predicted molar refractivity (Wildman–Crippen MR) is 75.3 cm³/mol. The minimum Gasteiger partial charge on any atom is -0.458 e. The molecule has 5 nitrogen and oxygen atoms in total. The molecule has 3 aromatic rings. The van der Waals surface area contributed by atoms with Crippen LogP contribution in [0.15, 0.2) is 28.9 Å². The Labute approximate surface area is 121 Å². The Morgan fingerprint density at radius 2 is 2.24 bits per heavy atom. The fraction of sp³-hybridized carbons (Fsp3) is 0.333. The van der Waals surface area contributed by atoms with Gasteiger partial charge < -0.3 is 9.52 Å². The van der Waals surface area contributed by atoms with Gasteiger partial charge in [-0.3, -0.25) is 4.68 Å². The van der Waals surface area contributed by atoms with Crippen LogP contribution in [0.25, 0.3) is 11.0 Å². The summed E-state index contributed by atoms with van der Waals surface area (Å²) in [6, 6.07) is 4.33. The fourth-order valence-electron chi connectivity index (χ4n) is 2.51. The Morgan fingerprint density at radius 3 is 3.00 bits per heavy atom. The maximum Gasteiger partial charge on any atom is 0.138 e. The number of benzene rings is 1. The van der Waals surface area contributed by atoms with Crippen molar-refractivity contribution in [1.29, 1.82) is 0 Å². The van der Waals surface area contributed by atoms with Crippen LogP contribution in [-0.4, -0.2) is 19.9 Å². The van der Waals surface area contributed by atoms with E-state index in [0.29, 0.717) is 35.5 Å². The smallest absolute Gasteiger partial charge is 0.138 e. The minimum absolute atomic E-state index is 0.303. The first-order valence-corrected chi connectivity index (χ1v) is 6.83. The first-order valence-electron chi connectivity index (χ1n) is 6.83. The zero-order valence-electron chi connectivity index (χ0n) is 11.9. The van der Waals surface area contributed by atoms with Crippen LogP contribution < -0.4 is 0 Å². The highest BCUT2D eigenvalue weighted by Gasteiger charge is 2.21. The van der Waals surface area contributed by atoms with E-state index in [1.807, 2.05) is 13.8 Å². The standard InChI is InChI=1S/C15H16FN3O2/c1-3-19-14(17-8-18-19)7-12(20)15-9(2)11-6-10(16)4-5-13(11)21-15/h4-6,8,12,20H,3,7H2,1-2H3. The number of halogens is 1. The maximum absolute atomic E-state index is 13.3. The molecule has 6 heteroatoms. The largest absolute Gasteiger partial charge is 0.458 e. The van der Waals surface area contributed by atoms with Crippen LogP contribution in [-0.2, 0) is 13.0 Å². The molecule has 0 aliphatic carbocycles. The Morgan fingerprint density at radius 1 is 1.43 bits per heavy atom. The fourth-order valence-corrected chi connectivity index (χ4v) is 2.51. The number of furan rings is 1. The zero-order chi connectivity index (χ0) is 15.0. The lowest BCUT2D eigenvalue weighted by atomic mass is 10.1. The molecule has 2 aromatic heterocycles. The van der Waals surface area contributed by atoms with Crippen LogP contribution in [0.2, 0.25) is 0 Å². The summed E-state index contributed by atoms with van der Waals surface area (Å²) in [4.78, 5) is 4.14. The molecule has 2 heterocycles. The Bertz CT molecular complexity index is 778. The lowest BCUT2D eigenvalue weighted by Gasteiger charge is -2.09. The summed E-state index contributed by atoms with van der Waals surface area (Å²) in [7, 11) is 0. The Balaban J connectivity index is 1.94. The van der Waals surface area contributed by atoms with Crippen molar-refractivity contribution in [3.05, 3.63) is 47.5 Å². The molecule has 0 bridgehead atoms. The minimum atomic E-state index is -0.838. The van der Waals surface area contributed by atoms with E-state index >= 15 is 0 Å². The molecule has 0 spiro atoms. The lowest BCUT2D eigenvalue weighted by Crippen LogP contribution is -2.09. The van der Waals surface area contributed by atoms with E-state index in [1.165, 1.54) is 18.5 Å². The number of aliphatic hydroxyl groups excluding tert-OH is 1. The molecule has 1 atom stereocenters. The molecule has 0 saturated carbocycles. The van der Waals surface area contributed by atoms with Crippen molar-refractivity contribution in [3.63, 3.8) is 0 Å². The Kier molecular flexibility index (Phi) is 3.47. The summed E-state index contributed by atoms with van der Waals surface area (Å²) in [5.74, 6) is 0.815. The molecule has 21 heavy (non-hydrogen) atoms. The third-order valence-corrected chi connectivity index (χ3v) is 3.61. The van der Waals surface area contributed by atoms with Gasteiger partial charge in [0.15, 0.2) is 0 Å². The van der Waals surface area contributed by atoms with Crippen LogP contribution in [0.4, 0.5) is 4.39 Å². The first-order chi connectivity index (χ1) is 10.1. The molecule has 0 aliphatic rings. The number of nitrogens with zero attached hydrogens (tertiary/aromatic N) is 3. The summed E-state index contributed by atoms with van der Waals surface area (Å²) >= 11 is 0. The SMILES string of the molecule is CCn1ncnc1CC(O)c1oc2ccc(F)cc2c1C. The second-order valence-corrected chi connectivity index (χ2v) is 4.94. The average Bonchev–Trinajstić information content (AvgIpc) is 3.04. The van der Waals surface area contributed by atoms with Crippen LogP contribution in [0.5, 0.6) is 0 Å². The van der Waals surface area contributed by atoms with Crippen molar-refractivity contribution in [2.24, 2.45) is 0 Å². The molecule has 0 amide bonds. The van der Waals surface area contributed by atoms with Crippen molar-refractivity contribution in [2.45, 2.75) is 32.9 Å². The quantitative estimate of drug-likeness (QED) is 0.802. The second-order valence-electron chi connectivity index (χ2n) is 4.94. The van der Waals surface area contributed by atoms with Gasteiger partial charge in [-0.1, -0.05) is 0 Å². The molecule has 0 aliphatic heterocycles. The number of aromatic nitrogens is 3. The lowest BCUT2D eigenvalue weighted by molar-refractivity contribution is 0.148. The normalized spacial score (nSPS) is 13.0. The number of hydrogen-bond donors (Lipinski definition) is 1. The van der Waals surface area contributed by atoms with Gasteiger partial charge in [0.2, 0.25) is 0 Å². The summed E-state index contributed by atoms with van der Waals surface area (Å²) in [5, 5.41) is 15.1. The van der Waals surface area contributed by atoms with E-state index in [1.54, 1.807) is 10.7 Å². The highest BCUT2D eigenvalue weighted by molar-refractivity contribution is 5.82. The van der Waals surface area contributed by atoms with E-state index in [-0.39, 0.29) is 5.82 Å². The van der Waals surface area contributed by atoms with Gasteiger partial charge >= 0.3 is 0 Å². The van der Waals surface area contributed by atoms with Gasteiger partial charge in [-0.05, 0) is 32.0 Å². The molecule has 0 saturated heterocycles. The number of aryl methyl sites for hydroxylation is 2. The number of hydrogen-bond acceptors (Lipinski definition) is 4. The van der Waals surface area contributed by atoms with Gasteiger partial charge in [0.25, 0.3) is 0 Å². The predicted octanol–water partition coefficient (Wildman–Crippen LogP) is 2.77. The topological polar surface area (TPSA) is 64.1 Å². The molecule has 0 radical (unpaired) electrons. The van der Waals surface area contributed by atoms with E-state index in [2.05, 4.69) is 10.1 Å². The third-order valence-electron chi connectivity index (χ3n) is 3.61. The molecular weight excluding hydrogens is 273 g/mol. The molecule has 110 valence electrons. The van der Waals surface area contributed by atoms with Gasteiger partial charge in [-0.25, -0.2) is 9.37 Å². The van der Waals surface area contributed by atoms with Crippen molar-refractivity contribution in [3.8, 4) is 0 Å². The monoisotopic (exact) mass is 289 g/mol. The molecule has 1 unspecified atom stereocenters. The summed E-state index contributed by atoms with van der Waals surface area (Å²) in [5.41, 5.74) is 1.32. The van der Waals surface area contributed by atoms with E-state index in [4.69, 9.17) is 4.42 Å². The van der Waals surface area contributed by atoms with Crippen LogP contribution in [0.3, 0.4) is 0 Å². The van der Waals surface area contributed by atoms with Gasteiger partial charge in [0.1, 0.15) is 35.4 Å². The average molecular weight is 289 g/mol. The molecule has 1 aromatic carbocycles. The van der Waals surface area contributed by atoms with Crippen molar-refractivity contribution in [2.75, 3.05) is 0 Å². The number of fused-ring (bicyclic) bond motifs is 1. The zero-order valence-corrected chi connectivity index (χ0v) is 11.9. The van der Waals surface area contributed by atoms with Crippen LogP contribution >= 0.6 is 0 Å². The van der Waals surface area contributed by atoms with Crippen LogP contribution in [0.1, 0.15) is 30.2 Å². The van der Waals surface area contributed by atoms with Crippen molar-refractivity contribution >= 4 is 11.0 Å². The van der Waals surface area contributed by atoms with Gasteiger partial charge in [0.05, 0.1) is 0 Å². The second kappa shape index (κ2) is 5.29. The van der Waals surface area contributed by atoms with Crippen molar-refractivity contribution in [1.82, 2.24) is 14.8 Å². The number of rotatable bonds is 4. The first kappa shape index (κ1) is 13.8. The van der Waals surface area contributed by atoms with E-state index < -0.39 is 6.10 Å². The summed E-state index contributed by atoms with van der Waals surface area (Å²) in [6.07, 6.45) is 0.929. The maximum atomic E-state index is 13.3. The van der Waals surface area contributed by atoms with Gasteiger partial charge in [-0.15, -0.1) is 0 Å². The molecule has 3 rings (SSSR count). The van der Waals surface area contributed by atoms with Gasteiger partial charge in [0, 0.05) is 23.9 Å². The Hall–Kier alpha value is -2.21. The summed E-state index contributed by atoms with van der Waals surface area (Å²) < 4.78 is 20.7. The highest BCUT2D eigenvalue weighted by atomic mass is 19.1. The summed E-state index contributed by atoms with van der Waals surface area (Å²) in [6.45, 7) is 4.46.